The summed E-state index contributed by atoms with van der Waals surface area (Å²) in [4.78, 5) is 12.7. The number of sulfonamides is 2. The van der Waals surface area contributed by atoms with Gasteiger partial charge in [-0.25, -0.2) is 16.8 Å². The molecule has 0 aliphatic carbocycles. The Balaban J connectivity index is 1.58. The van der Waals surface area contributed by atoms with Gasteiger partial charge in [0.2, 0.25) is 26.0 Å². The highest BCUT2D eigenvalue weighted by molar-refractivity contribution is 7.89. The highest BCUT2D eigenvalue weighted by Gasteiger charge is 2.26. The van der Waals surface area contributed by atoms with Gasteiger partial charge in [0.1, 0.15) is 5.75 Å². The molecule has 0 aromatic heterocycles. The molecule has 2 aromatic rings. The zero-order chi connectivity index (χ0) is 24.9. The molecule has 11 heteroatoms. The predicted octanol–water partition coefficient (Wildman–Crippen LogP) is 2.16. The van der Waals surface area contributed by atoms with Crippen LogP contribution in [0.1, 0.15) is 37.3 Å². The Kier molecular flexibility index (Phi) is 8.34. The second-order valence-corrected chi connectivity index (χ2v) is 12.0. The van der Waals surface area contributed by atoms with Crippen LogP contribution in [0.4, 0.5) is 0 Å². The fourth-order valence-corrected chi connectivity index (χ4v) is 6.55. The second-order valence-electron chi connectivity index (χ2n) is 8.30. The van der Waals surface area contributed by atoms with Gasteiger partial charge in [-0.1, -0.05) is 18.6 Å². The van der Waals surface area contributed by atoms with Gasteiger partial charge in [0.05, 0.1) is 22.9 Å². The molecule has 1 unspecified atom stereocenters. The molecule has 1 aliphatic rings. The number of hydrogen-bond acceptors (Lipinski definition) is 6. The normalized spacial score (nSPS) is 16.1. The molecule has 1 aliphatic heterocycles. The van der Waals surface area contributed by atoms with Crippen LogP contribution in [0.3, 0.4) is 0 Å². The minimum atomic E-state index is -3.91. The molecule has 0 saturated carbocycles. The second kappa shape index (κ2) is 10.9. The first-order chi connectivity index (χ1) is 16.0. The molecule has 1 heterocycles. The van der Waals surface area contributed by atoms with Crippen molar-refractivity contribution in [2.45, 2.75) is 55.5 Å². The number of rotatable bonds is 9. The van der Waals surface area contributed by atoms with E-state index in [2.05, 4.69) is 10.0 Å². The van der Waals surface area contributed by atoms with Gasteiger partial charge < -0.3 is 10.1 Å². The van der Waals surface area contributed by atoms with Crippen molar-refractivity contribution < 1.29 is 26.4 Å². The van der Waals surface area contributed by atoms with Crippen LogP contribution >= 0.6 is 0 Å². The first-order valence-electron chi connectivity index (χ1n) is 11.1. The predicted molar refractivity (Wildman–Crippen MR) is 128 cm³/mol. The van der Waals surface area contributed by atoms with Crippen molar-refractivity contribution in [2.24, 2.45) is 0 Å². The Labute approximate surface area is 201 Å². The molecule has 9 nitrogen and oxygen atoms in total. The first kappa shape index (κ1) is 26.1. The summed E-state index contributed by atoms with van der Waals surface area (Å²) in [5.41, 5.74) is 1.36. The molecule has 1 saturated heterocycles. The van der Waals surface area contributed by atoms with E-state index in [-0.39, 0.29) is 16.3 Å². The van der Waals surface area contributed by atoms with Crippen LogP contribution in [0.25, 0.3) is 0 Å². The van der Waals surface area contributed by atoms with Crippen molar-refractivity contribution in [3.63, 3.8) is 0 Å². The lowest BCUT2D eigenvalue weighted by atomic mass is 10.2. The number of ether oxygens (including phenoxy) is 1. The van der Waals surface area contributed by atoms with E-state index in [0.717, 1.165) is 19.3 Å². The largest absolute Gasteiger partial charge is 0.496 e. The van der Waals surface area contributed by atoms with Crippen molar-refractivity contribution in [3.05, 3.63) is 53.6 Å². The lowest BCUT2D eigenvalue weighted by Crippen LogP contribution is -2.44. The van der Waals surface area contributed by atoms with Crippen LogP contribution in [-0.2, 0) is 31.4 Å². The maximum atomic E-state index is 12.7. The van der Waals surface area contributed by atoms with E-state index >= 15 is 0 Å². The smallest absolute Gasteiger partial charge is 0.243 e. The lowest BCUT2D eigenvalue weighted by molar-refractivity contribution is -0.122. The van der Waals surface area contributed by atoms with E-state index in [1.807, 2.05) is 0 Å². The number of benzene rings is 2. The zero-order valence-corrected chi connectivity index (χ0v) is 21.2. The number of nitrogens with zero attached hydrogens (tertiary/aromatic N) is 1. The minimum absolute atomic E-state index is 0.0379. The van der Waals surface area contributed by atoms with E-state index < -0.39 is 32.0 Å². The van der Waals surface area contributed by atoms with Crippen molar-refractivity contribution >= 4 is 26.0 Å². The Morgan fingerprint density at radius 1 is 1.00 bits per heavy atom. The minimum Gasteiger partial charge on any atom is -0.496 e. The van der Waals surface area contributed by atoms with Gasteiger partial charge in [-0.15, -0.1) is 0 Å². The van der Waals surface area contributed by atoms with Crippen molar-refractivity contribution in [2.75, 3.05) is 20.2 Å². The lowest BCUT2D eigenvalue weighted by Gasteiger charge is -2.25. The van der Waals surface area contributed by atoms with Gasteiger partial charge in [0, 0.05) is 19.6 Å². The molecule has 1 fully saturated rings. The maximum absolute atomic E-state index is 12.7. The molecule has 3 rings (SSSR count). The zero-order valence-electron chi connectivity index (χ0n) is 19.6. The Bertz CT molecular complexity index is 1220. The molecule has 1 amide bonds. The number of hydrogen-bond donors (Lipinski definition) is 2. The third kappa shape index (κ3) is 6.15. The van der Waals surface area contributed by atoms with Crippen LogP contribution in [-0.4, -0.2) is 53.3 Å². The molecule has 0 spiro atoms. The van der Waals surface area contributed by atoms with Gasteiger partial charge in [-0.3, -0.25) is 4.79 Å². The number of carbonyl (C=O) groups is 1. The maximum Gasteiger partial charge on any atom is 0.243 e. The Morgan fingerprint density at radius 3 is 2.21 bits per heavy atom. The molecular formula is C23H31N3O6S2. The molecule has 0 radical (unpaired) electrons. The topological polar surface area (TPSA) is 122 Å². The van der Waals surface area contributed by atoms with E-state index in [1.165, 1.54) is 42.6 Å². The third-order valence-corrected chi connectivity index (χ3v) is 9.20. The molecule has 0 bridgehead atoms. The standard InChI is InChI=1S/C23H31N3O6S2/c1-17-15-21(11-12-22(17)32-3)33(28,29)25-18(2)23(27)24-16-19-7-9-20(10-8-19)34(30,31)26-13-5-4-6-14-26/h7-12,15,18,25H,4-6,13-14,16H2,1-3H3,(H,24,27). The van der Waals surface area contributed by atoms with E-state index in [4.69, 9.17) is 4.74 Å². The summed E-state index contributed by atoms with van der Waals surface area (Å²) < 4.78 is 59.8. The number of carbonyl (C=O) groups excluding carboxylic acids is 1. The average molecular weight is 510 g/mol. The van der Waals surface area contributed by atoms with Gasteiger partial charge in [-0.05, 0) is 68.1 Å². The quantitative estimate of drug-likeness (QED) is 0.534. The number of methoxy groups -OCH3 is 1. The van der Waals surface area contributed by atoms with Gasteiger partial charge >= 0.3 is 0 Å². The monoisotopic (exact) mass is 509 g/mol. The Morgan fingerprint density at radius 2 is 1.62 bits per heavy atom. The average Bonchev–Trinajstić information content (AvgIpc) is 2.83. The summed E-state index contributed by atoms with van der Waals surface area (Å²) in [6.45, 7) is 4.39. The third-order valence-electron chi connectivity index (χ3n) is 5.74. The number of amides is 1. The summed E-state index contributed by atoms with van der Waals surface area (Å²) in [6.07, 6.45) is 2.77. The van der Waals surface area contributed by atoms with Gasteiger partial charge in [0.15, 0.2) is 0 Å². The van der Waals surface area contributed by atoms with Crippen molar-refractivity contribution in [1.29, 1.82) is 0 Å². The fourth-order valence-electron chi connectivity index (χ4n) is 3.75. The van der Waals surface area contributed by atoms with Gasteiger partial charge in [0.25, 0.3) is 0 Å². The van der Waals surface area contributed by atoms with Crippen LogP contribution in [0.15, 0.2) is 52.3 Å². The number of piperidine rings is 1. The van der Waals surface area contributed by atoms with Crippen LogP contribution in [0.2, 0.25) is 0 Å². The van der Waals surface area contributed by atoms with Crippen molar-refractivity contribution in [1.82, 2.24) is 14.3 Å². The van der Waals surface area contributed by atoms with Crippen LogP contribution < -0.4 is 14.8 Å². The Hall–Kier alpha value is -2.47. The summed E-state index contributed by atoms with van der Waals surface area (Å²) in [5.74, 6) is 0.0679. The van der Waals surface area contributed by atoms with E-state index in [1.54, 1.807) is 25.1 Å². The van der Waals surface area contributed by atoms with Crippen molar-refractivity contribution in [3.8, 4) is 5.75 Å². The summed E-state index contributed by atoms with van der Waals surface area (Å²) in [6, 6.07) is 9.80. The molecule has 2 N–H and O–H groups in total. The molecule has 1 atom stereocenters. The summed E-state index contributed by atoms with van der Waals surface area (Å²) in [7, 11) is -5.92. The summed E-state index contributed by atoms with van der Waals surface area (Å²) >= 11 is 0. The number of aryl methyl sites for hydroxylation is 1. The van der Waals surface area contributed by atoms with E-state index in [0.29, 0.717) is 30.0 Å². The van der Waals surface area contributed by atoms with E-state index in [9.17, 15) is 21.6 Å². The summed E-state index contributed by atoms with van der Waals surface area (Å²) in [5, 5.41) is 2.68. The van der Waals surface area contributed by atoms with Crippen LogP contribution in [0.5, 0.6) is 5.75 Å². The number of nitrogens with one attached hydrogen (secondary N) is 2. The highest BCUT2D eigenvalue weighted by atomic mass is 32.2. The van der Waals surface area contributed by atoms with Crippen LogP contribution in [0, 0.1) is 6.92 Å². The molecule has 2 aromatic carbocycles. The molecule has 34 heavy (non-hydrogen) atoms. The van der Waals surface area contributed by atoms with Gasteiger partial charge in [-0.2, -0.15) is 9.03 Å². The molecule has 186 valence electrons. The first-order valence-corrected chi connectivity index (χ1v) is 14.0. The molecular weight excluding hydrogens is 478 g/mol. The fraction of sp³-hybridized carbons (Fsp3) is 0.435. The SMILES string of the molecule is COc1ccc(S(=O)(=O)NC(C)C(=O)NCc2ccc(S(=O)(=O)N3CCCCC3)cc2)cc1C. The highest BCUT2D eigenvalue weighted by Crippen LogP contribution is 2.22.